The minimum Gasteiger partial charge on any atom is -0.382 e. The van der Waals surface area contributed by atoms with E-state index in [-0.39, 0.29) is 5.91 Å². The summed E-state index contributed by atoms with van der Waals surface area (Å²) in [6.07, 6.45) is 6.29. The number of rotatable bonds is 6. The Morgan fingerprint density at radius 3 is 2.89 bits per heavy atom. The molecule has 0 atom stereocenters. The number of aryl methyl sites for hydroxylation is 1. The maximum atomic E-state index is 10.9. The first kappa shape index (κ1) is 13.2. The van der Waals surface area contributed by atoms with Crippen LogP contribution in [0.2, 0.25) is 0 Å². The highest BCUT2D eigenvalue weighted by atomic mass is 16.2. The van der Waals surface area contributed by atoms with Crippen LogP contribution < -0.4 is 17.0 Å². The summed E-state index contributed by atoms with van der Waals surface area (Å²) >= 11 is 0. The number of nitrogens with one attached hydrogen (secondary N) is 1. The number of fused-ring (bicyclic) bond motifs is 1. The number of unbranched alkanes of at least 4 members (excludes halogenated alkanes) is 2. The van der Waals surface area contributed by atoms with Gasteiger partial charge in [0.25, 0.3) is 0 Å². The smallest absolute Gasteiger partial charge is 0.233 e. The Hall–Kier alpha value is -2.22. The number of amides is 1. The molecule has 8 nitrogen and oxygen atoms in total. The van der Waals surface area contributed by atoms with E-state index >= 15 is 0 Å². The number of carbonyl (C=O) groups is 1. The molecular formula is C11H17N7O. The molecule has 0 saturated heterocycles. The summed E-state index contributed by atoms with van der Waals surface area (Å²) in [6.45, 7) is 0.789. The van der Waals surface area contributed by atoms with Crippen LogP contribution in [0.1, 0.15) is 25.7 Å². The average Bonchev–Trinajstić information content (AvgIpc) is 2.83. The van der Waals surface area contributed by atoms with Gasteiger partial charge in [0.05, 0.1) is 6.33 Å². The highest BCUT2D eigenvalue weighted by molar-refractivity contribution is 5.81. The summed E-state index contributed by atoms with van der Waals surface area (Å²) in [5.74, 6) is 5.26. The first-order valence-electron chi connectivity index (χ1n) is 6.13. The molecule has 2 aromatic heterocycles. The van der Waals surface area contributed by atoms with Crippen LogP contribution >= 0.6 is 0 Å². The van der Waals surface area contributed by atoms with Crippen LogP contribution in [0.5, 0.6) is 0 Å². The fraction of sp³-hybridized carbons (Fsp3) is 0.455. The molecule has 2 aromatic rings. The van der Waals surface area contributed by atoms with E-state index in [4.69, 9.17) is 11.6 Å². The highest BCUT2D eigenvalue weighted by Gasteiger charge is 2.07. The molecule has 5 N–H and O–H groups in total. The summed E-state index contributed by atoms with van der Waals surface area (Å²) in [5.41, 5.74) is 9.20. The molecule has 19 heavy (non-hydrogen) atoms. The number of hydrogen-bond acceptors (Lipinski definition) is 6. The first-order valence-corrected chi connectivity index (χ1v) is 6.13. The van der Waals surface area contributed by atoms with Gasteiger partial charge in [-0.2, -0.15) is 0 Å². The number of nitrogens with two attached hydrogens (primary N) is 2. The number of hydrazine groups is 1. The third kappa shape index (κ3) is 3.16. The lowest BCUT2D eigenvalue weighted by Gasteiger charge is -2.03. The van der Waals surface area contributed by atoms with Gasteiger partial charge in [-0.05, 0) is 12.8 Å². The van der Waals surface area contributed by atoms with Gasteiger partial charge in [0, 0.05) is 13.0 Å². The zero-order valence-corrected chi connectivity index (χ0v) is 10.5. The molecule has 0 saturated carbocycles. The van der Waals surface area contributed by atoms with Gasteiger partial charge in [0.2, 0.25) is 5.91 Å². The Bertz CT molecular complexity index is 565. The molecule has 0 radical (unpaired) electrons. The van der Waals surface area contributed by atoms with Gasteiger partial charge >= 0.3 is 0 Å². The van der Waals surface area contributed by atoms with Crippen molar-refractivity contribution in [2.75, 3.05) is 5.73 Å². The lowest BCUT2D eigenvalue weighted by molar-refractivity contribution is -0.121. The van der Waals surface area contributed by atoms with E-state index in [1.165, 1.54) is 6.33 Å². The van der Waals surface area contributed by atoms with Gasteiger partial charge in [-0.3, -0.25) is 10.2 Å². The van der Waals surface area contributed by atoms with Gasteiger partial charge in [0.15, 0.2) is 11.5 Å². The Morgan fingerprint density at radius 2 is 2.11 bits per heavy atom. The predicted octanol–water partition coefficient (Wildman–Crippen LogP) is -0.0412. The largest absolute Gasteiger partial charge is 0.382 e. The molecule has 0 spiro atoms. The number of imidazole rings is 1. The fourth-order valence-electron chi connectivity index (χ4n) is 1.88. The number of anilines is 1. The van der Waals surface area contributed by atoms with Crippen molar-refractivity contribution in [3.63, 3.8) is 0 Å². The van der Waals surface area contributed by atoms with Gasteiger partial charge < -0.3 is 10.3 Å². The van der Waals surface area contributed by atoms with Crippen LogP contribution in [-0.4, -0.2) is 25.4 Å². The van der Waals surface area contributed by atoms with Crippen molar-refractivity contribution in [2.24, 2.45) is 5.84 Å². The molecule has 102 valence electrons. The Kier molecular flexibility index (Phi) is 4.24. The quantitative estimate of drug-likeness (QED) is 0.290. The summed E-state index contributed by atoms with van der Waals surface area (Å²) < 4.78 is 1.94. The van der Waals surface area contributed by atoms with Crippen LogP contribution in [0, 0.1) is 0 Å². The van der Waals surface area contributed by atoms with E-state index in [2.05, 4.69) is 20.4 Å². The summed E-state index contributed by atoms with van der Waals surface area (Å²) in [7, 11) is 0. The Morgan fingerprint density at radius 1 is 1.26 bits per heavy atom. The van der Waals surface area contributed by atoms with E-state index in [1.54, 1.807) is 6.33 Å². The maximum absolute atomic E-state index is 10.9. The third-order valence-corrected chi connectivity index (χ3v) is 2.89. The van der Waals surface area contributed by atoms with Crippen LogP contribution in [0.15, 0.2) is 12.7 Å². The van der Waals surface area contributed by atoms with Gasteiger partial charge in [0.1, 0.15) is 11.8 Å². The standard InChI is InChI=1S/C11H17N7O/c12-10-9-11(15-6-14-10)18(7-16-9)5-3-1-2-4-8(19)17-13/h6-7H,1-5,13H2,(H,17,19)(H2,12,14,15). The minimum absolute atomic E-state index is 0.131. The van der Waals surface area contributed by atoms with Crippen molar-refractivity contribution in [3.8, 4) is 0 Å². The van der Waals surface area contributed by atoms with Crippen molar-refractivity contribution >= 4 is 22.9 Å². The molecule has 2 rings (SSSR count). The molecule has 0 aliphatic rings. The zero-order chi connectivity index (χ0) is 13.7. The normalized spacial score (nSPS) is 10.8. The third-order valence-electron chi connectivity index (χ3n) is 2.89. The molecule has 0 aliphatic carbocycles. The summed E-state index contributed by atoms with van der Waals surface area (Å²) in [4.78, 5) is 23.2. The maximum Gasteiger partial charge on any atom is 0.233 e. The molecule has 1 amide bonds. The van der Waals surface area contributed by atoms with Crippen molar-refractivity contribution in [1.29, 1.82) is 0 Å². The number of hydrogen-bond donors (Lipinski definition) is 3. The van der Waals surface area contributed by atoms with E-state index in [1.807, 2.05) is 4.57 Å². The average molecular weight is 263 g/mol. The second-order valence-corrected chi connectivity index (χ2v) is 4.25. The van der Waals surface area contributed by atoms with Crippen LogP contribution in [0.25, 0.3) is 11.2 Å². The van der Waals surface area contributed by atoms with Crippen molar-refractivity contribution in [1.82, 2.24) is 24.9 Å². The Balaban J connectivity index is 1.85. The van der Waals surface area contributed by atoms with Crippen LogP contribution in [0.3, 0.4) is 0 Å². The zero-order valence-electron chi connectivity index (χ0n) is 10.5. The molecule has 2 heterocycles. The lowest BCUT2D eigenvalue weighted by Crippen LogP contribution is -2.29. The molecule has 0 unspecified atom stereocenters. The van der Waals surface area contributed by atoms with E-state index in [0.717, 1.165) is 31.5 Å². The molecule has 0 aromatic carbocycles. The molecule has 0 fully saturated rings. The van der Waals surface area contributed by atoms with Crippen molar-refractivity contribution in [2.45, 2.75) is 32.2 Å². The highest BCUT2D eigenvalue weighted by Crippen LogP contribution is 2.15. The summed E-state index contributed by atoms with van der Waals surface area (Å²) in [6, 6.07) is 0. The second-order valence-electron chi connectivity index (χ2n) is 4.25. The van der Waals surface area contributed by atoms with E-state index in [9.17, 15) is 4.79 Å². The summed E-state index contributed by atoms with van der Waals surface area (Å²) in [5, 5.41) is 0. The van der Waals surface area contributed by atoms with Crippen LogP contribution in [0.4, 0.5) is 5.82 Å². The monoisotopic (exact) mass is 263 g/mol. The predicted molar refractivity (Wildman–Crippen MR) is 70.5 cm³/mol. The molecule has 8 heteroatoms. The number of aromatic nitrogens is 4. The van der Waals surface area contributed by atoms with Crippen LogP contribution in [-0.2, 0) is 11.3 Å². The lowest BCUT2D eigenvalue weighted by atomic mass is 10.2. The number of carbonyl (C=O) groups excluding carboxylic acids is 1. The fourth-order valence-corrected chi connectivity index (χ4v) is 1.88. The van der Waals surface area contributed by atoms with Crippen molar-refractivity contribution < 1.29 is 4.79 Å². The second kappa shape index (κ2) is 6.10. The number of nitrogen functional groups attached to an aromatic ring is 1. The topological polar surface area (TPSA) is 125 Å². The first-order chi connectivity index (χ1) is 9.22. The van der Waals surface area contributed by atoms with Gasteiger partial charge in [-0.1, -0.05) is 6.42 Å². The van der Waals surface area contributed by atoms with Crippen molar-refractivity contribution in [3.05, 3.63) is 12.7 Å². The Labute approximate surface area is 110 Å². The molecule has 0 aliphatic heterocycles. The van der Waals surface area contributed by atoms with E-state index in [0.29, 0.717) is 17.8 Å². The minimum atomic E-state index is -0.131. The van der Waals surface area contributed by atoms with Gasteiger partial charge in [-0.15, -0.1) is 0 Å². The number of nitrogens with zero attached hydrogens (tertiary/aromatic N) is 4. The molecular weight excluding hydrogens is 246 g/mol. The SMILES string of the molecule is NNC(=O)CCCCCn1cnc2c(N)ncnc21. The molecule has 0 bridgehead atoms. The van der Waals surface area contributed by atoms with E-state index < -0.39 is 0 Å². The van der Waals surface area contributed by atoms with Gasteiger partial charge in [-0.25, -0.2) is 20.8 Å².